The zero-order chi connectivity index (χ0) is 15.6. The van der Waals surface area contributed by atoms with Crippen LogP contribution in [-0.4, -0.2) is 6.54 Å². The summed E-state index contributed by atoms with van der Waals surface area (Å²) in [7, 11) is 0. The second-order valence-electron chi connectivity index (χ2n) is 4.36. The molecule has 2 aromatic rings. The quantitative estimate of drug-likeness (QED) is 0.750. The van der Waals surface area contributed by atoms with Crippen LogP contribution in [0.25, 0.3) is 0 Å². The first-order valence-electron chi connectivity index (χ1n) is 6.18. The molecule has 1 heterocycles. The molecular weight excluding hydrogens is 326 g/mol. The minimum absolute atomic E-state index is 0.136. The third kappa shape index (κ3) is 3.75. The lowest BCUT2D eigenvalue weighted by Crippen LogP contribution is -2.24. The summed E-state index contributed by atoms with van der Waals surface area (Å²) < 4.78 is 53.3. The van der Waals surface area contributed by atoms with Gasteiger partial charge in [-0.05, 0) is 42.4 Å². The van der Waals surface area contributed by atoms with Crippen molar-refractivity contribution in [2.24, 2.45) is 0 Å². The van der Waals surface area contributed by atoms with Gasteiger partial charge in [-0.25, -0.2) is 4.39 Å². The van der Waals surface area contributed by atoms with Crippen molar-refractivity contribution in [3.63, 3.8) is 0 Å². The van der Waals surface area contributed by atoms with E-state index in [0.29, 0.717) is 15.8 Å². The van der Waals surface area contributed by atoms with Crippen molar-refractivity contribution < 1.29 is 17.6 Å². The van der Waals surface area contributed by atoms with Gasteiger partial charge in [0.1, 0.15) is 5.82 Å². The number of thiophene rings is 1. The van der Waals surface area contributed by atoms with E-state index in [1.807, 2.05) is 0 Å². The van der Waals surface area contributed by atoms with Gasteiger partial charge in [0, 0.05) is 4.88 Å². The lowest BCUT2D eigenvalue weighted by Gasteiger charge is -2.21. The fourth-order valence-corrected chi connectivity index (χ4v) is 3.24. The molecule has 21 heavy (non-hydrogen) atoms. The third-order valence-electron chi connectivity index (χ3n) is 2.92. The van der Waals surface area contributed by atoms with Gasteiger partial charge in [0.25, 0.3) is 0 Å². The molecule has 0 spiro atoms. The summed E-state index contributed by atoms with van der Waals surface area (Å²) in [6, 6.07) is 5.01. The van der Waals surface area contributed by atoms with E-state index in [-0.39, 0.29) is 5.56 Å². The van der Waals surface area contributed by atoms with Crippen LogP contribution in [-0.2, 0) is 6.18 Å². The Morgan fingerprint density at radius 2 is 1.95 bits per heavy atom. The molecule has 1 atom stereocenters. The second kappa shape index (κ2) is 6.34. The van der Waals surface area contributed by atoms with E-state index < -0.39 is 23.6 Å². The number of hydrogen-bond donors (Lipinski definition) is 1. The Labute approximate surface area is 128 Å². The van der Waals surface area contributed by atoms with Gasteiger partial charge < -0.3 is 5.32 Å². The smallest absolute Gasteiger partial charge is 0.306 e. The first-order chi connectivity index (χ1) is 9.82. The molecule has 1 unspecified atom stereocenters. The van der Waals surface area contributed by atoms with Crippen molar-refractivity contribution in [3.05, 3.63) is 56.5 Å². The fraction of sp³-hybridized carbons (Fsp3) is 0.286. The van der Waals surface area contributed by atoms with E-state index in [0.717, 1.165) is 18.2 Å². The molecule has 1 nitrogen and oxygen atoms in total. The lowest BCUT2D eigenvalue weighted by molar-refractivity contribution is -0.138. The third-order valence-corrected chi connectivity index (χ3v) is 4.21. The molecule has 0 amide bonds. The predicted octanol–water partition coefficient (Wildman–Crippen LogP) is 5.26. The van der Waals surface area contributed by atoms with E-state index >= 15 is 0 Å². The molecule has 1 aromatic carbocycles. The van der Waals surface area contributed by atoms with E-state index in [1.165, 1.54) is 11.3 Å². The van der Waals surface area contributed by atoms with Crippen molar-refractivity contribution in [2.75, 3.05) is 6.54 Å². The molecule has 0 fully saturated rings. The molecular formula is C14H12ClF4NS. The summed E-state index contributed by atoms with van der Waals surface area (Å²) >= 11 is 7.02. The molecule has 0 saturated carbocycles. The monoisotopic (exact) mass is 337 g/mol. The van der Waals surface area contributed by atoms with Gasteiger partial charge in [-0.3, -0.25) is 0 Å². The predicted molar refractivity (Wildman–Crippen MR) is 76.3 cm³/mol. The maximum absolute atomic E-state index is 13.4. The highest BCUT2D eigenvalue weighted by atomic mass is 35.5. The molecule has 1 N–H and O–H groups in total. The van der Waals surface area contributed by atoms with Gasteiger partial charge in [-0.2, -0.15) is 13.2 Å². The zero-order valence-corrected chi connectivity index (χ0v) is 12.5. The molecule has 0 aliphatic heterocycles. The van der Waals surface area contributed by atoms with Crippen LogP contribution in [0.5, 0.6) is 0 Å². The molecule has 0 saturated heterocycles. The minimum Gasteiger partial charge on any atom is -0.306 e. The van der Waals surface area contributed by atoms with Crippen molar-refractivity contribution in [1.82, 2.24) is 5.32 Å². The Balaban J connectivity index is 2.56. The first kappa shape index (κ1) is 16.3. The summed E-state index contributed by atoms with van der Waals surface area (Å²) in [6.07, 6.45) is -4.54. The summed E-state index contributed by atoms with van der Waals surface area (Å²) in [6.45, 7) is 2.21. The highest BCUT2D eigenvalue weighted by molar-refractivity contribution is 7.16. The Hall–Kier alpha value is -1.11. The number of nitrogens with one attached hydrogen (secondary N) is 1. The molecule has 0 aliphatic rings. The highest BCUT2D eigenvalue weighted by Crippen LogP contribution is 2.39. The summed E-state index contributed by atoms with van der Waals surface area (Å²) in [5.74, 6) is -0.705. The highest BCUT2D eigenvalue weighted by Gasteiger charge is 2.36. The second-order valence-corrected chi connectivity index (χ2v) is 6.11. The van der Waals surface area contributed by atoms with Crippen LogP contribution in [0.4, 0.5) is 17.6 Å². The number of rotatable bonds is 4. The Morgan fingerprint density at radius 1 is 1.24 bits per heavy atom. The Morgan fingerprint density at radius 3 is 2.48 bits per heavy atom. The van der Waals surface area contributed by atoms with Gasteiger partial charge in [-0.15, -0.1) is 11.3 Å². The van der Waals surface area contributed by atoms with Crippen molar-refractivity contribution in [2.45, 2.75) is 19.1 Å². The molecule has 1 aromatic heterocycles. The largest absolute Gasteiger partial charge is 0.416 e. The molecule has 114 valence electrons. The van der Waals surface area contributed by atoms with Crippen LogP contribution >= 0.6 is 22.9 Å². The van der Waals surface area contributed by atoms with Gasteiger partial charge in [0.05, 0.1) is 15.9 Å². The van der Waals surface area contributed by atoms with E-state index in [2.05, 4.69) is 5.32 Å². The van der Waals surface area contributed by atoms with Crippen molar-refractivity contribution in [3.8, 4) is 0 Å². The van der Waals surface area contributed by atoms with Crippen LogP contribution in [0, 0.1) is 5.82 Å². The van der Waals surface area contributed by atoms with Gasteiger partial charge in [-0.1, -0.05) is 18.5 Å². The Kier molecular flexibility index (Phi) is 4.91. The van der Waals surface area contributed by atoms with Gasteiger partial charge in [0.15, 0.2) is 0 Å². The average molecular weight is 338 g/mol. The van der Waals surface area contributed by atoms with Crippen LogP contribution in [0.2, 0.25) is 4.34 Å². The van der Waals surface area contributed by atoms with Gasteiger partial charge in [0.2, 0.25) is 0 Å². The fourth-order valence-electron chi connectivity index (χ4n) is 2.08. The normalized spacial score (nSPS) is 13.4. The Bertz CT molecular complexity index is 624. The van der Waals surface area contributed by atoms with E-state index in [9.17, 15) is 17.6 Å². The molecule has 0 aliphatic carbocycles. The van der Waals surface area contributed by atoms with Crippen molar-refractivity contribution >= 4 is 22.9 Å². The average Bonchev–Trinajstić information content (AvgIpc) is 2.80. The van der Waals surface area contributed by atoms with E-state index in [1.54, 1.807) is 19.1 Å². The summed E-state index contributed by atoms with van der Waals surface area (Å²) in [5, 5.41) is 2.95. The molecule has 0 radical (unpaired) electrons. The standard InChI is InChI=1S/C14H12ClF4NS/c1-2-20-13(11-5-6-12(15)21-11)9-7-8(16)3-4-10(9)14(17,18)19/h3-7,13,20H,2H2,1H3. The topological polar surface area (TPSA) is 12.0 Å². The first-order valence-corrected chi connectivity index (χ1v) is 7.37. The maximum Gasteiger partial charge on any atom is 0.416 e. The number of alkyl halides is 3. The minimum atomic E-state index is -4.54. The maximum atomic E-state index is 13.4. The van der Waals surface area contributed by atoms with Crippen LogP contribution in [0.1, 0.15) is 29.0 Å². The summed E-state index contributed by atoms with van der Waals surface area (Å²) in [5.41, 5.74) is -0.984. The molecule has 0 bridgehead atoms. The zero-order valence-electron chi connectivity index (χ0n) is 11.0. The van der Waals surface area contributed by atoms with Crippen LogP contribution in [0.3, 0.4) is 0 Å². The number of hydrogen-bond acceptors (Lipinski definition) is 2. The number of halogens is 5. The number of benzene rings is 1. The van der Waals surface area contributed by atoms with Crippen LogP contribution < -0.4 is 5.32 Å². The molecule has 2 rings (SSSR count). The van der Waals surface area contributed by atoms with Crippen molar-refractivity contribution in [1.29, 1.82) is 0 Å². The van der Waals surface area contributed by atoms with Gasteiger partial charge >= 0.3 is 6.18 Å². The molecule has 7 heteroatoms. The SMILES string of the molecule is CCNC(c1ccc(Cl)s1)c1cc(F)ccc1C(F)(F)F. The van der Waals surface area contributed by atoms with Crippen LogP contribution in [0.15, 0.2) is 30.3 Å². The lowest BCUT2D eigenvalue weighted by atomic mass is 9.98. The summed E-state index contributed by atoms with van der Waals surface area (Å²) in [4.78, 5) is 0.609. The van der Waals surface area contributed by atoms with E-state index in [4.69, 9.17) is 11.6 Å².